The maximum atomic E-state index is 10.9. The highest BCUT2D eigenvalue weighted by Gasteiger charge is 2.50. The predicted octanol–water partition coefficient (Wildman–Crippen LogP) is 3.36. The van der Waals surface area contributed by atoms with Gasteiger partial charge in [0, 0.05) is 19.0 Å². The number of aliphatic hydroxyl groups is 1. The molecule has 0 saturated heterocycles. The third kappa shape index (κ3) is 2.24. The molecule has 4 bridgehead atoms. The van der Waals surface area contributed by atoms with Crippen molar-refractivity contribution < 1.29 is 5.11 Å². The topological polar surface area (TPSA) is 38.0 Å². The van der Waals surface area contributed by atoms with E-state index in [9.17, 15) is 5.11 Å². The molecular formula is C17H25ClN2O. The predicted molar refractivity (Wildman–Crippen MR) is 83.2 cm³/mol. The van der Waals surface area contributed by atoms with Crippen LogP contribution >= 0.6 is 11.6 Å². The zero-order valence-electron chi connectivity index (χ0n) is 12.9. The summed E-state index contributed by atoms with van der Waals surface area (Å²) >= 11 is 6.34. The number of aromatic nitrogens is 2. The molecule has 1 N–H and O–H groups in total. The fourth-order valence-electron chi connectivity index (χ4n) is 5.85. The first-order valence-electron chi connectivity index (χ1n) is 8.39. The molecule has 116 valence electrons. The van der Waals surface area contributed by atoms with Gasteiger partial charge in [-0.3, -0.25) is 4.68 Å². The summed E-state index contributed by atoms with van der Waals surface area (Å²) < 4.78 is 1.72. The normalized spacial score (nSPS) is 39.0. The van der Waals surface area contributed by atoms with Crippen LogP contribution in [0, 0.1) is 36.5 Å². The van der Waals surface area contributed by atoms with E-state index in [4.69, 9.17) is 11.6 Å². The average molecular weight is 309 g/mol. The Morgan fingerprint density at radius 1 is 1.19 bits per heavy atom. The Balaban J connectivity index is 1.54. The Morgan fingerprint density at radius 2 is 1.76 bits per heavy atom. The minimum absolute atomic E-state index is 0.250. The summed E-state index contributed by atoms with van der Waals surface area (Å²) in [6, 6.07) is 0. The lowest BCUT2D eigenvalue weighted by molar-refractivity contribution is -0.0888. The quantitative estimate of drug-likeness (QED) is 0.930. The molecule has 5 rings (SSSR count). The van der Waals surface area contributed by atoms with Crippen LogP contribution in [0.2, 0.25) is 5.15 Å². The zero-order valence-corrected chi connectivity index (χ0v) is 13.7. The first-order chi connectivity index (χ1) is 10.0. The highest BCUT2D eigenvalue weighted by atomic mass is 35.5. The van der Waals surface area contributed by atoms with Gasteiger partial charge in [0.25, 0.3) is 0 Å². The van der Waals surface area contributed by atoms with Gasteiger partial charge in [-0.05, 0) is 68.6 Å². The van der Waals surface area contributed by atoms with Crippen LogP contribution in [-0.4, -0.2) is 21.0 Å². The number of nitrogens with zero attached hydrogens (tertiary/aromatic N) is 2. The Hall–Kier alpha value is -0.540. The van der Waals surface area contributed by atoms with E-state index in [1.54, 1.807) is 4.68 Å². The van der Waals surface area contributed by atoms with Gasteiger partial charge in [-0.2, -0.15) is 5.10 Å². The van der Waals surface area contributed by atoms with E-state index in [-0.39, 0.29) is 6.10 Å². The second-order valence-corrected chi connectivity index (χ2v) is 8.12. The molecule has 1 aromatic rings. The minimum Gasteiger partial charge on any atom is -0.392 e. The number of hydrogen-bond acceptors (Lipinski definition) is 2. The third-order valence-electron chi connectivity index (χ3n) is 6.43. The van der Waals surface area contributed by atoms with Crippen molar-refractivity contribution in [1.82, 2.24) is 9.78 Å². The van der Waals surface area contributed by atoms with E-state index in [0.717, 1.165) is 34.9 Å². The first kappa shape index (κ1) is 14.1. The SMILES string of the molecule is Cc1nn(C)c(Cl)c1CC(O)C1C2CC3CC(C2)CC1C3. The van der Waals surface area contributed by atoms with Crippen molar-refractivity contribution in [3.63, 3.8) is 0 Å². The van der Waals surface area contributed by atoms with Crippen molar-refractivity contribution >= 4 is 11.6 Å². The zero-order chi connectivity index (χ0) is 14.7. The van der Waals surface area contributed by atoms with Gasteiger partial charge in [0.1, 0.15) is 5.15 Å². The van der Waals surface area contributed by atoms with E-state index >= 15 is 0 Å². The van der Waals surface area contributed by atoms with Gasteiger partial charge >= 0.3 is 0 Å². The Kier molecular flexibility index (Phi) is 3.34. The molecule has 1 heterocycles. The lowest BCUT2D eigenvalue weighted by Crippen LogP contribution is -2.49. The summed E-state index contributed by atoms with van der Waals surface area (Å²) in [5.41, 5.74) is 2.01. The summed E-state index contributed by atoms with van der Waals surface area (Å²) in [6.45, 7) is 1.99. The molecule has 0 aliphatic heterocycles. The van der Waals surface area contributed by atoms with Crippen LogP contribution in [0.25, 0.3) is 0 Å². The molecule has 0 radical (unpaired) electrons. The van der Waals surface area contributed by atoms with Crippen LogP contribution < -0.4 is 0 Å². The van der Waals surface area contributed by atoms with Gasteiger partial charge < -0.3 is 5.11 Å². The number of halogens is 1. The van der Waals surface area contributed by atoms with E-state index < -0.39 is 0 Å². The van der Waals surface area contributed by atoms with Crippen molar-refractivity contribution in [3.05, 3.63) is 16.4 Å². The molecule has 4 saturated carbocycles. The second kappa shape index (κ2) is 4.99. The second-order valence-electron chi connectivity index (χ2n) is 7.76. The molecule has 4 aliphatic carbocycles. The molecule has 4 aliphatic rings. The van der Waals surface area contributed by atoms with Crippen LogP contribution in [0.15, 0.2) is 0 Å². The fourth-order valence-corrected chi connectivity index (χ4v) is 6.10. The summed E-state index contributed by atoms with van der Waals surface area (Å²) in [6.07, 6.45) is 7.31. The molecule has 0 amide bonds. The highest BCUT2D eigenvalue weighted by Crippen LogP contribution is 2.57. The van der Waals surface area contributed by atoms with Crippen LogP contribution in [0.1, 0.15) is 43.4 Å². The lowest BCUT2D eigenvalue weighted by atomic mass is 9.50. The fraction of sp³-hybridized carbons (Fsp3) is 0.824. The van der Waals surface area contributed by atoms with Crippen molar-refractivity contribution in [2.75, 3.05) is 0 Å². The molecule has 1 unspecified atom stereocenters. The summed E-state index contributed by atoms with van der Waals surface area (Å²) in [5, 5.41) is 16.0. The molecule has 1 atom stereocenters. The Bertz CT molecular complexity index is 525. The monoisotopic (exact) mass is 308 g/mol. The summed E-state index contributed by atoms with van der Waals surface area (Å²) in [4.78, 5) is 0. The smallest absolute Gasteiger partial charge is 0.130 e. The third-order valence-corrected chi connectivity index (χ3v) is 6.90. The Morgan fingerprint density at radius 3 is 2.24 bits per heavy atom. The van der Waals surface area contributed by atoms with Gasteiger partial charge in [-0.1, -0.05) is 11.6 Å². The van der Waals surface area contributed by atoms with Crippen molar-refractivity contribution in [2.24, 2.45) is 36.6 Å². The van der Waals surface area contributed by atoms with Crippen molar-refractivity contribution in [3.8, 4) is 0 Å². The summed E-state index contributed by atoms with van der Waals surface area (Å²) in [5.74, 6) is 3.92. The van der Waals surface area contributed by atoms with Crippen LogP contribution in [-0.2, 0) is 13.5 Å². The maximum absolute atomic E-state index is 10.9. The number of aliphatic hydroxyl groups excluding tert-OH is 1. The van der Waals surface area contributed by atoms with Gasteiger partial charge in [0.2, 0.25) is 0 Å². The standard InChI is InChI=1S/C17H25ClN2O/c1-9-14(17(18)20(2)19-9)8-15(21)16-12-4-10-3-11(6-12)7-13(16)5-10/h10-13,15-16,21H,3-8H2,1-2H3. The largest absolute Gasteiger partial charge is 0.392 e. The molecular weight excluding hydrogens is 284 g/mol. The van der Waals surface area contributed by atoms with Crippen molar-refractivity contribution in [1.29, 1.82) is 0 Å². The van der Waals surface area contributed by atoms with Gasteiger partial charge in [-0.15, -0.1) is 0 Å². The van der Waals surface area contributed by atoms with E-state index in [2.05, 4.69) is 5.10 Å². The highest BCUT2D eigenvalue weighted by molar-refractivity contribution is 6.30. The Labute approximate surface area is 131 Å². The number of rotatable bonds is 3. The molecule has 3 nitrogen and oxygen atoms in total. The first-order valence-corrected chi connectivity index (χ1v) is 8.76. The molecule has 0 spiro atoms. The van der Waals surface area contributed by atoms with Crippen LogP contribution in [0.4, 0.5) is 0 Å². The molecule has 4 fully saturated rings. The summed E-state index contributed by atoms with van der Waals surface area (Å²) in [7, 11) is 1.87. The maximum Gasteiger partial charge on any atom is 0.130 e. The van der Waals surface area contributed by atoms with Gasteiger partial charge in [0.05, 0.1) is 11.8 Å². The van der Waals surface area contributed by atoms with Crippen LogP contribution in [0.5, 0.6) is 0 Å². The molecule has 0 aromatic carbocycles. The van der Waals surface area contributed by atoms with Crippen molar-refractivity contribution in [2.45, 2.75) is 51.6 Å². The number of hydrogen-bond donors (Lipinski definition) is 1. The van der Waals surface area contributed by atoms with Gasteiger partial charge in [0.15, 0.2) is 0 Å². The minimum atomic E-state index is -0.250. The van der Waals surface area contributed by atoms with E-state index in [1.807, 2.05) is 14.0 Å². The molecule has 21 heavy (non-hydrogen) atoms. The lowest BCUT2D eigenvalue weighted by Gasteiger charge is -2.55. The average Bonchev–Trinajstić information content (AvgIpc) is 2.64. The number of aryl methyl sites for hydroxylation is 2. The van der Waals surface area contributed by atoms with Gasteiger partial charge in [-0.25, -0.2) is 0 Å². The molecule has 1 aromatic heterocycles. The van der Waals surface area contributed by atoms with E-state index in [1.165, 1.54) is 32.1 Å². The van der Waals surface area contributed by atoms with E-state index in [0.29, 0.717) is 17.5 Å². The molecule has 4 heteroatoms. The van der Waals surface area contributed by atoms with Crippen LogP contribution in [0.3, 0.4) is 0 Å².